The van der Waals surface area contributed by atoms with Crippen LogP contribution in [-0.4, -0.2) is 22.6 Å². The molecular weight excluding hydrogens is 180 g/mol. The van der Waals surface area contributed by atoms with Gasteiger partial charge in [-0.15, -0.1) is 0 Å². The van der Waals surface area contributed by atoms with E-state index in [0.717, 1.165) is 25.2 Å². The van der Waals surface area contributed by atoms with E-state index in [1.165, 1.54) is 0 Å². The number of carboxylic acids is 1. The summed E-state index contributed by atoms with van der Waals surface area (Å²) in [5.74, 6) is -0.426. The predicted molar refractivity (Wildman–Crippen MR) is 51.7 cm³/mol. The lowest BCUT2D eigenvalue weighted by Gasteiger charge is -2.01. The highest BCUT2D eigenvalue weighted by Gasteiger charge is 2.42. The Morgan fingerprint density at radius 3 is 3.14 bits per heavy atom. The van der Waals surface area contributed by atoms with Gasteiger partial charge < -0.3 is 15.4 Å². The van der Waals surface area contributed by atoms with E-state index in [2.05, 4.69) is 10.3 Å². The highest BCUT2D eigenvalue weighted by Crippen LogP contribution is 2.37. The maximum Gasteiger partial charge on any atom is 0.306 e. The molecule has 0 bridgehead atoms. The van der Waals surface area contributed by atoms with Crippen LogP contribution < -0.4 is 5.32 Å². The summed E-state index contributed by atoms with van der Waals surface area (Å²) >= 11 is 0. The van der Waals surface area contributed by atoms with Gasteiger partial charge in [0.15, 0.2) is 0 Å². The molecule has 0 aliphatic heterocycles. The van der Waals surface area contributed by atoms with Crippen LogP contribution in [0.2, 0.25) is 0 Å². The van der Waals surface area contributed by atoms with Crippen molar-refractivity contribution in [2.75, 3.05) is 6.54 Å². The lowest BCUT2D eigenvalue weighted by Crippen LogP contribution is -2.18. The van der Waals surface area contributed by atoms with Crippen molar-refractivity contribution < 1.29 is 9.90 Å². The Morgan fingerprint density at radius 1 is 1.71 bits per heavy atom. The Hall–Kier alpha value is -1.29. The molecule has 2 rings (SSSR count). The number of H-pyrrole nitrogens is 1. The van der Waals surface area contributed by atoms with Gasteiger partial charge in [0.05, 0.1) is 5.92 Å². The van der Waals surface area contributed by atoms with Crippen molar-refractivity contribution in [2.24, 2.45) is 11.8 Å². The molecule has 2 unspecified atom stereocenters. The van der Waals surface area contributed by atoms with Crippen molar-refractivity contribution in [3.8, 4) is 0 Å². The quantitative estimate of drug-likeness (QED) is 0.650. The lowest BCUT2D eigenvalue weighted by molar-refractivity contribution is -0.138. The molecule has 1 aliphatic carbocycles. The number of carboxylic acid groups (broad SMARTS) is 1. The molecule has 1 heterocycles. The maximum atomic E-state index is 10.5. The first-order chi connectivity index (χ1) is 6.77. The molecule has 14 heavy (non-hydrogen) atoms. The van der Waals surface area contributed by atoms with Gasteiger partial charge in [0.2, 0.25) is 0 Å². The summed E-state index contributed by atoms with van der Waals surface area (Å²) in [5.41, 5.74) is 1.14. The number of hydrogen-bond donors (Lipinski definition) is 3. The zero-order valence-electron chi connectivity index (χ0n) is 7.86. The van der Waals surface area contributed by atoms with Crippen LogP contribution in [0.15, 0.2) is 18.3 Å². The van der Waals surface area contributed by atoms with Gasteiger partial charge in [-0.1, -0.05) is 0 Å². The van der Waals surface area contributed by atoms with Crippen molar-refractivity contribution in [3.63, 3.8) is 0 Å². The fourth-order valence-electron chi connectivity index (χ4n) is 1.65. The van der Waals surface area contributed by atoms with Crippen LogP contribution in [0.5, 0.6) is 0 Å². The third kappa shape index (κ3) is 2.14. The topological polar surface area (TPSA) is 65.1 Å². The van der Waals surface area contributed by atoms with Crippen molar-refractivity contribution in [2.45, 2.75) is 13.0 Å². The summed E-state index contributed by atoms with van der Waals surface area (Å²) in [4.78, 5) is 13.6. The van der Waals surface area contributed by atoms with Crippen LogP contribution in [0.1, 0.15) is 12.1 Å². The average Bonchev–Trinajstić information content (AvgIpc) is 2.73. The zero-order chi connectivity index (χ0) is 9.97. The molecule has 0 amide bonds. The standard InChI is InChI=1S/C10H14N2O2/c13-10(14)9-4-7(9)5-11-6-8-2-1-3-12-8/h1-3,7,9,11-12H,4-6H2,(H,13,14). The SMILES string of the molecule is O=C(O)C1CC1CNCc1ccc[nH]1. The largest absolute Gasteiger partial charge is 0.481 e. The number of carbonyl (C=O) groups is 1. The fraction of sp³-hybridized carbons (Fsp3) is 0.500. The zero-order valence-corrected chi connectivity index (χ0v) is 7.86. The van der Waals surface area contributed by atoms with Crippen LogP contribution in [0, 0.1) is 11.8 Å². The highest BCUT2D eigenvalue weighted by atomic mass is 16.4. The minimum Gasteiger partial charge on any atom is -0.481 e. The molecule has 0 aromatic carbocycles. The predicted octanol–water partition coefficient (Wildman–Crippen LogP) is 0.825. The van der Waals surface area contributed by atoms with Gasteiger partial charge >= 0.3 is 5.97 Å². The molecular formula is C10H14N2O2. The smallest absolute Gasteiger partial charge is 0.306 e. The number of aromatic amines is 1. The van der Waals surface area contributed by atoms with E-state index in [9.17, 15) is 4.79 Å². The van der Waals surface area contributed by atoms with E-state index in [1.807, 2.05) is 18.3 Å². The van der Waals surface area contributed by atoms with E-state index in [1.54, 1.807) is 0 Å². The minimum atomic E-state index is -0.656. The van der Waals surface area contributed by atoms with Gasteiger partial charge in [-0.25, -0.2) is 0 Å². The third-order valence-electron chi connectivity index (χ3n) is 2.62. The molecule has 0 spiro atoms. The second kappa shape index (κ2) is 3.84. The van der Waals surface area contributed by atoms with E-state index in [4.69, 9.17) is 5.11 Å². The molecule has 0 radical (unpaired) electrons. The minimum absolute atomic E-state index is 0.105. The number of aromatic nitrogens is 1. The maximum absolute atomic E-state index is 10.5. The summed E-state index contributed by atoms with van der Waals surface area (Å²) in [5, 5.41) is 11.9. The van der Waals surface area contributed by atoms with E-state index < -0.39 is 5.97 Å². The summed E-state index contributed by atoms with van der Waals surface area (Å²) < 4.78 is 0. The van der Waals surface area contributed by atoms with E-state index in [0.29, 0.717) is 5.92 Å². The summed E-state index contributed by atoms with van der Waals surface area (Å²) in [7, 11) is 0. The van der Waals surface area contributed by atoms with Crippen molar-refractivity contribution in [1.29, 1.82) is 0 Å². The van der Waals surface area contributed by atoms with Crippen LogP contribution in [-0.2, 0) is 11.3 Å². The van der Waals surface area contributed by atoms with Gasteiger partial charge in [0.1, 0.15) is 0 Å². The Balaban J connectivity index is 1.63. The van der Waals surface area contributed by atoms with Crippen LogP contribution >= 0.6 is 0 Å². The Morgan fingerprint density at radius 2 is 2.57 bits per heavy atom. The summed E-state index contributed by atoms with van der Waals surface area (Å²) in [6.07, 6.45) is 2.71. The highest BCUT2D eigenvalue weighted by molar-refractivity contribution is 5.73. The van der Waals surface area contributed by atoms with E-state index in [-0.39, 0.29) is 5.92 Å². The van der Waals surface area contributed by atoms with Crippen molar-refractivity contribution in [3.05, 3.63) is 24.0 Å². The molecule has 1 aromatic rings. The van der Waals surface area contributed by atoms with Crippen LogP contribution in [0.4, 0.5) is 0 Å². The Bertz CT molecular complexity index is 308. The number of aliphatic carboxylic acids is 1. The van der Waals surface area contributed by atoms with Crippen molar-refractivity contribution >= 4 is 5.97 Å². The molecule has 2 atom stereocenters. The number of hydrogen-bond acceptors (Lipinski definition) is 2. The molecule has 1 aliphatic rings. The summed E-state index contributed by atoms with van der Waals surface area (Å²) in [6, 6.07) is 3.96. The molecule has 1 saturated carbocycles. The van der Waals surface area contributed by atoms with Crippen LogP contribution in [0.3, 0.4) is 0 Å². The summed E-state index contributed by atoms with van der Waals surface area (Å²) in [6.45, 7) is 1.59. The first-order valence-corrected chi connectivity index (χ1v) is 4.83. The van der Waals surface area contributed by atoms with Crippen molar-refractivity contribution in [1.82, 2.24) is 10.3 Å². The molecule has 3 N–H and O–H groups in total. The van der Waals surface area contributed by atoms with Gasteiger partial charge in [-0.2, -0.15) is 0 Å². The Kier molecular flexibility index (Phi) is 2.54. The normalized spacial score (nSPS) is 24.9. The number of nitrogens with one attached hydrogen (secondary N) is 2. The molecule has 1 fully saturated rings. The molecule has 0 saturated heterocycles. The van der Waals surface area contributed by atoms with E-state index >= 15 is 0 Å². The lowest BCUT2D eigenvalue weighted by atomic mass is 10.3. The fourth-order valence-corrected chi connectivity index (χ4v) is 1.65. The second-order valence-corrected chi connectivity index (χ2v) is 3.77. The van der Waals surface area contributed by atoms with Gasteiger partial charge in [-0.3, -0.25) is 4.79 Å². The van der Waals surface area contributed by atoms with Gasteiger partial charge in [0.25, 0.3) is 0 Å². The second-order valence-electron chi connectivity index (χ2n) is 3.77. The molecule has 4 nitrogen and oxygen atoms in total. The first kappa shape index (κ1) is 9.27. The van der Waals surface area contributed by atoms with Gasteiger partial charge in [0, 0.05) is 18.4 Å². The third-order valence-corrected chi connectivity index (χ3v) is 2.62. The van der Waals surface area contributed by atoms with Gasteiger partial charge in [-0.05, 0) is 31.0 Å². The monoisotopic (exact) mass is 194 g/mol. The average molecular weight is 194 g/mol. The van der Waals surface area contributed by atoms with Crippen LogP contribution in [0.25, 0.3) is 0 Å². The Labute approximate surface area is 82.3 Å². The molecule has 1 aromatic heterocycles. The molecule has 4 heteroatoms. The molecule has 76 valence electrons. The first-order valence-electron chi connectivity index (χ1n) is 4.83. The number of rotatable bonds is 5.